The van der Waals surface area contributed by atoms with E-state index in [1.807, 2.05) is 29.2 Å². The maximum Gasteiger partial charge on any atom is 0.270 e. The summed E-state index contributed by atoms with van der Waals surface area (Å²) in [6.07, 6.45) is 2.19. The van der Waals surface area contributed by atoms with Gasteiger partial charge in [0.2, 0.25) is 0 Å². The van der Waals surface area contributed by atoms with Gasteiger partial charge in [-0.3, -0.25) is 4.79 Å². The van der Waals surface area contributed by atoms with Crippen molar-refractivity contribution in [2.24, 2.45) is 5.92 Å². The third-order valence-electron chi connectivity index (χ3n) is 4.86. The van der Waals surface area contributed by atoms with Gasteiger partial charge in [-0.2, -0.15) is 0 Å². The lowest BCUT2D eigenvalue weighted by molar-refractivity contribution is 0.0644. The van der Waals surface area contributed by atoms with E-state index in [-0.39, 0.29) is 11.4 Å². The van der Waals surface area contributed by atoms with Gasteiger partial charge in [-0.1, -0.05) is 19.4 Å². The topological polar surface area (TPSA) is 45.3 Å². The minimum Gasteiger partial charge on any atom is -0.496 e. The average Bonchev–Trinajstić information content (AvgIpc) is 3.06. The second-order valence-electron chi connectivity index (χ2n) is 6.81. The molecular weight excluding hydrogens is 276 g/mol. The Morgan fingerprint density at radius 3 is 2.86 bits per heavy atom. The molecule has 1 aromatic carbocycles. The number of hydrogen-bond acceptors (Lipinski definition) is 2. The van der Waals surface area contributed by atoms with Crippen LogP contribution >= 0.6 is 0 Å². The fraction of sp³-hybridized carbons (Fsp3) is 0.500. The maximum atomic E-state index is 12.9. The highest BCUT2D eigenvalue weighted by Crippen LogP contribution is 2.36. The van der Waals surface area contributed by atoms with Gasteiger partial charge < -0.3 is 14.6 Å². The van der Waals surface area contributed by atoms with E-state index in [2.05, 4.69) is 25.8 Å². The number of ether oxygens (including phenoxy) is 1. The van der Waals surface area contributed by atoms with E-state index in [1.54, 1.807) is 7.11 Å². The smallest absolute Gasteiger partial charge is 0.270 e. The summed E-state index contributed by atoms with van der Waals surface area (Å²) in [6.45, 7) is 7.35. The van der Waals surface area contributed by atoms with Crippen molar-refractivity contribution in [3.05, 3.63) is 30.0 Å². The summed E-state index contributed by atoms with van der Waals surface area (Å²) in [7, 11) is 1.65. The minimum atomic E-state index is -0.0842. The molecule has 0 radical (unpaired) electrons. The fourth-order valence-electron chi connectivity index (χ4n) is 3.58. The molecule has 1 unspecified atom stereocenters. The Labute approximate surface area is 131 Å². The van der Waals surface area contributed by atoms with E-state index < -0.39 is 0 Å². The molecule has 1 aliphatic heterocycles. The molecule has 0 spiro atoms. The number of aromatic amines is 1. The van der Waals surface area contributed by atoms with Crippen LogP contribution in [0.4, 0.5) is 0 Å². The maximum absolute atomic E-state index is 12.9. The summed E-state index contributed by atoms with van der Waals surface area (Å²) in [5.74, 6) is 1.47. The molecule has 1 amide bonds. The van der Waals surface area contributed by atoms with Crippen LogP contribution in [0.3, 0.4) is 0 Å². The van der Waals surface area contributed by atoms with Crippen molar-refractivity contribution in [1.29, 1.82) is 0 Å². The number of aromatic nitrogens is 1. The third-order valence-corrected chi connectivity index (χ3v) is 4.86. The van der Waals surface area contributed by atoms with E-state index in [1.165, 1.54) is 0 Å². The van der Waals surface area contributed by atoms with Gasteiger partial charge in [0.15, 0.2) is 0 Å². The van der Waals surface area contributed by atoms with Crippen molar-refractivity contribution in [3.63, 3.8) is 0 Å². The van der Waals surface area contributed by atoms with Gasteiger partial charge >= 0.3 is 0 Å². The SMILES string of the molecule is CCC1CN(C(=O)c2cc3c(OC)cccc3[nH]2)C(C)(C)C1. The van der Waals surface area contributed by atoms with E-state index >= 15 is 0 Å². The second-order valence-corrected chi connectivity index (χ2v) is 6.81. The molecule has 1 saturated heterocycles. The molecule has 1 aliphatic rings. The first-order chi connectivity index (χ1) is 10.5. The van der Waals surface area contributed by atoms with Gasteiger partial charge in [0.05, 0.1) is 7.11 Å². The minimum absolute atomic E-state index is 0.0826. The molecular formula is C18H24N2O2. The van der Waals surface area contributed by atoms with Crippen LogP contribution in [0.2, 0.25) is 0 Å². The number of carbonyl (C=O) groups excluding carboxylic acids is 1. The number of amides is 1. The first-order valence-electron chi connectivity index (χ1n) is 7.94. The Balaban J connectivity index is 1.96. The van der Waals surface area contributed by atoms with Crippen LogP contribution in [0, 0.1) is 5.92 Å². The first-order valence-corrected chi connectivity index (χ1v) is 7.94. The highest BCUT2D eigenvalue weighted by atomic mass is 16.5. The summed E-state index contributed by atoms with van der Waals surface area (Å²) >= 11 is 0. The Morgan fingerprint density at radius 1 is 1.45 bits per heavy atom. The number of methoxy groups -OCH3 is 1. The number of H-pyrrole nitrogens is 1. The Hall–Kier alpha value is -1.97. The zero-order chi connectivity index (χ0) is 15.9. The lowest BCUT2D eigenvalue weighted by Gasteiger charge is -2.31. The molecule has 22 heavy (non-hydrogen) atoms. The fourth-order valence-corrected chi connectivity index (χ4v) is 3.58. The molecule has 4 nitrogen and oxygen atoms in total. The molecule has 1 aromatic heterocycles. The summed E-state index contributed by atoms with van der Waals surface area (Å²) < 4.78 is 5.38. The Kier molecular flexibility index (Phi) is 3.63. The molecule has 2 heterocycles. The zero-order valence-electron chi connectivity index (χ0n) is 13.8. The predicted molar refractivity (Wildman–Crippen MR) is 88.4 cm³/mol. The number of carbonyl (C=O) groups is 1. The van der Waals surface area contributed by atoms with E-state index in [9.17, 15) is 4.79 Å². The Morgan fingerprint density at radius 2 is 2.23 bits per heavy atom. The van der Waals surface area contributed by atoms with Crippen molar-refractivity contribution < 1.29 is 9.53 Å². The first kappa shape index (κ1) is 14.9. The standard InChI is InChI=1S/C18H24N2O2/c1-5-12-10-18(2,3)20(11-12)17(21)15-9-13-14(19-15)7-6-8-16(13)22-4/h6-9,12,19H,5,10-11H2,1-4H3. The van der Waals surface area contributed by atoms with Gasteiger partial charge in [-0.05, 0) is 44.4 Å². The molecule has 0 bridgehead atoms. The number of nitrogens with one attached hydrogen (secondary N) is 1. The zero-order valence-corrected chi connectivity index (χ0v) is 13.8. The largest absolute Gasteiger partial charge is 0.496 e. The second kappa shape index (κ2) is 5.34. The number of hydrogen-bond donors (Lipinski definition) is 1. The van der Waals surface area contributed by atoms with Gasteiger partial charge in [0, 0.05) is 23.0 Å². The number of benzene rings is 1. The van der Waals surface area contributed by atoms with Crippen LogP contribution in [-0.2, 0) is 0 Å². The van der Waals surface area contributed by atoms with Crippen molar-refractivity contribution in [2.45, 2.75) is 39.2 Å². The number of nitrogens with zero attached hydrogens (tertiary/aromatic N) is 1. The van der Waals surface area contributed by atoms with Crippen molar-refractivity contribution in [3.8, 4) is 5.75 Å². The average molecular weight is 300 g/mol. The predicted octanol–water partition coefficient (Wildman–Crippen LogP) is 3.83. The van der Waals surface area contributed by atoms with Crippen molar-refractivity contribution >= 4 is 16.8 Å². The summed E-state index contributed by atoms with van der Waals surface area (Å²) in [4.78, 5) is 18.2. The highest BCUT2D eigenvalue weighted by Gasteiger charge is 2.40. The third kappa shape index (κ3) is 2.36. The lowest BCUT2D eigenvalue weighted by Crippen LogP contribution is -2.42. The van der Waals surface area contributed by atoms with Crippen LogP contribution in [-0.4, -0.2) is 35.0 Å². The van der Waals surface area contributed by atoms with Crippen molar-refractivity contribution in [1.82, 2.24) is 9.88 Å². The van der Waals surface area contributed by atoms with Crippen LogP contribution in [0.1, 0.15) is 44.1 Å². The van der Waals surface area contributed by atoms with Gasteiger partial charge in [0.25, 0.3) is 5.91 Å². The summed E-state index contributed by atoms with van der Waals surface area (Å²) in [5, 5.41) is 0.956. The molecule has 2 aromatic rings. The molecule has 1 atom stereocenters. The summed E-state index contributed by atoms with van der Waals surface area (Å²) in [5.41, 5.74) is 1.50. The molecule has 1 fully saturated rings. The molecule has 0 saturated carbocycles. The molecule has 1 N–H and O–H groups in total. The van der Waals surface area contributed by atoms with Crippen LogP contribution in [0.5, 0.6) is 5.75 Å². The molecule has 118 valence electrons. The van der Waals surface area contributed by atoms with Crippen molar-refractivity contribution in [2.75, 3.05) is 13.7 Å². The highest BCUT2D eigenvalue weighted by molar-refractivity contribution is 6.00. The summed E-state index contributed by atoms with van der Waals surface area (Å²) in [6, 6.07) is 7.72. The number of likely N-dealkylation sites (tertiary alicyclic amines) is 1. The monoisotopic (exact) mass is 300 g/mol. The van der Waals surface area contributed by atoms with Gasteiger partial charge in [-0.25, -0.2) is 0 Å². The van der Waals surface area contributed by atoms with Crippen LogP contribution in [0.15, 0.2) is 24.3 Å². The normalized spacial score (nSPS) is 20.5. The molecule has 0 aliphatic carbocycles. The van der Waals surface area contributed by atoms with Crippen LogP contribution < -0.4 is 4.74 Å². The number of rotatable bonds is 3. The Bertz CT molecular complexity index is 702. The lowest BCUT2D eigenvalue weighted by atomic mass is 9.95. The van der Waals surface area contributed by atoms with Gasteiger partial charge in [0.1, 0.15) is 11.4 Å². The van der Waals surface area contributed by atoms with E-state index in [0.717, 1.165) is 36.0 Å². The van der Waals surface area contributed by atoms with Crippen LogP contribution in [0.25, 0.3) is 10.9 Å². The quantitative estimate of drug-likeness (QED) is 0.936. The van der Waals surface area contributed by atoms with Gasteiger partial charge in [-0.15, -0.1) is 0 Å². The molecule has 4 heteroatoms. The van der Waals surface area contributed by atoms with E-state index in [4.69, 9.17) is 4.74 Å². The van der Waals surface area contributed by atoms with E-state index in [0.29, 0.717) is 11.6 Å². The number of fused-ring (bicyclic) bond motifs is 1. The molecule has 3 rings (SSSR count).